The van der Waals surface area contributed by atoms with E-state index in [1.807, 2.05) is 32.2 Å². The Labute approximate surface area is 99.7 Å². The molecule has 0 N–H and O–H groups in total. The van der Waals surface area contributed by atoms with Gasteiger partial charge in [0.05, 0.1) is 0 Å². The quantitative estimate of drug-likeness (QED) is 0.684. The third kappa shape index (κ3) is 4.43. The number of nitrogens with zero attached hydrogens (tertiary/aromatic N) is 1. The molecule has 1 aromatic rings. The molecule has 0 aliphatic carbocycles. The van der Waals surface area contributed by atoms with Crippen LogP contribution in [0.25, 0.3) is 0 Å². The van der Waals surface area contributed by atoms with Crippen molar-refractivity contribution < 1.29 is 8.85 Å². The second kappa shape index (κ2) is 7.54. The standard InChI is InChI=1S/C12H20NO2Si/c1-4-14-16(15-5-2)10-11(3)12-8-6-7-9-13-12/h6-9,11H,4-5,10H2,1-3H3. The molecule has 16 heavy (non-hydrogen) atoms. The molecule has 0 bridgehead atoms. The summed E-state index contributed by atoms with van der Waals surface area (Å²) < 4.78 is 11.3. The Balaban J connectivity index is 2.50. The number of rotatable bonds is 7. The van der Waals surface area contributed by atoms with Crippen molar-refractivity contribution in [3.05, 3.63) is 30.1 Å². The van der Waals surface area contributed by atoms with E-state index in [4.69, 9.17) is 8.85 Å². The fraction of sp³-hybridized carbons (Fsp3) is 0.583. The predicted octanol–water partition coefficient (Wildman–Crippen LogP) is 2.75. The summed E-state index contributed by atoms with van der Waals surface area (Å²) in [6, 6.07) is 6.96. The van der Waals surface area contributed by atoms with Gasteiger partial charge in [-0.15, -0.1) is 0 Å². The molecular weight excluding hydrogens is 218 g/mol. The second-order valence-corrected chi connectivity index (χ2v) is 5.33. The molecule has 1 unspecified atom stereocenters. The van der Waals surface area contributed by atoms with E-state index in [1.165, 1.54) is 0 Å². The number of pyridine rings is 1. The van der Waals surface area contributed by atoms with Crippen molar-refractivity contribution in [1.29, 1.82) is 0 Å². The zero-order valence-electron chi connectivity index (χ0n) is 10.3. The summed E-state index contributed by atoms with van der Waals surface area (Å²) in [4.78, 5) is 4.36. The van der Waals surface area contributed by atoms with Crippen molar-refractivity contribution >= 4 is 9.28 Å². The topological polar surface area (TPSA) is 31.4 Å². The first-order valence-corrected chi connectivity index (χ1v) is 7.32. The van der Waals surface area contributed by atoms with Crippen molar-refractivity contribution in [2.24, 2.45) is 0 Å². The normalized spacial score (nSPS) is 13.0. The summed E-state index contributed by atoms with van der Waals surface area (Å²) in [5.41, 5.74) is 1.12. The highest BCUT2D eigenvalue weighted by Gasteiger charge is 2.20. The van der Waals surface area contributed by atoms with Gasteiger partial charge in [0.1, 0.15) is 0 Å². The Bertz CT molecular complexity index is 276. The molecule has 1 heterocycles. The highest BCUT2D eigenvalue weighted by atomic mass is 28.3. The predicted molar refractivity (Wildman–Crippen MR) is 66.5 cm³/mol. The smallest absolute Gasteiger partial charge is 0.385 e. The maximum Gasteiger partial charge on any atom is 0.385 e. The maximum absolute atomic E-state index is 5.63. The van der Waals surface area contributed by atoms with Gasteiger partial charge in [0.25, 0.3) is 0 Å². The Hall–Kier alpha value is -0.713. The van der Waals surface area contributed by atoms with Crippen LogP contribution < -0.4 is 0 Å². The van der Waals surface area contributed by atoms with Crippen LogP contribution in [0.3, 0.4) is 0 Å². The van der Waals surface area contributed by atoms with E-state index in [0.717, 1.165) is 25.0 Å². The van der Waals surface area contributed by atoms with Crippen LogP contribution in [0, 0.1) is 0 Å². The molecule has 0 spiro atoms. The molecule has 3 nitrogen and oxygen atoms in total. The van der Waals surface area contributed by atoms with Crippen LogP contribution in [0.4, 0.5) is 0 Å². The lowest BCUT2D eigenvalue weighted by molar-refractivity contribution is 0.211. The lowest BCUT2D eigenvalue weighted by atomic mass is 10.1. The van der Waals surface area contributed by atoms with Crippen LogP contribution in [-0.2, 0) is 8.85 Å². The van der Waals surface area contributed by atoms with Gasteiger partial charge in [-0.25, -0.2) is 0 Å². The van der Waals surface area contributed by atoms with Gasteiger partial charge in [-0.1, -0.05) is 13.0 Å². The lowest BCUT2D eigenvalue weighted by Crippen LogP contribution is -2.24. The molecule has 1 atom stereocenters. The summed E-state index contributed by atoms with van der Waals surface area (Å²) in [5, 5.41) is 0. The fourth-order valence-electron chi connectivity index (χ4n) is 1.50. The van der Waals surface area contributed by atoms with Crippen molar-refractivity contribution in [1.82, 2.24) is 4.98 Å². The second-order valence-electron chi connectivity index (χ2n) is 3.60. The van der Waals surface area contributed by atoms with E-state index in [1.54, 1.807) is 0 Å². The fourth-order valence-corrected chi connectivity index (χ4v) is 3.18. The van der Waals surface area contributed by atoms with Gasteiger partial charge in [-0.3, -0.25) is 4.98 Å². The molecule has 1 rings (SSSR count). The molecule has 0 amide bonds. The molecule has 1 aromatic heterocycles. The molecule has 0 fully saturated rings. The zero-order chi connectivity index (χ0) is 11.8. The minimum Gasteiger partial charge on any atom is -0.394 e. The van der Waals surface area contributed by atoms with Gasteiger partial charge in [-0.2, -0.15) is 0 Å². The zero-order valence-corrected chi connectivity index (χ0v) is 11.3. The van der Waals surface area contributed by atoms with E-state index in [2.05, 4.69) is 18.0 Å². The molecule has 0 aliphatic rings. The van der Waals surface area contributed by atoms with Gasteiger partial charge in [0.15, 0.2) is 0 Å². The Morgan fingerprint density at radius 2 is 1.94 bits per heavy atom. The average Bonchev–Trinajstić information content (AvgIpc) is 2.31. The van der Waals surface area contributed by atoms with E-state index in [-0.39, 0.29) is 0 Å². The van der Waals surface area contributed by atoms with Crippen LogP contribution >= 0.6 is 0 Å². The first kappa shape index (κ1) is 13.4. The maximum atomic E-state index is 5.63. The van der Waals surface area contributed by atoms with Crippen LogP contribution in [0.1, 0.15) is 32.4 Å². The largest absolute Gasteiger partial charge is 0.394 e. The van der Waals surface area contributed by atoms with Crippen molar-refractivity contribution in [3.63, 3.8) is 0 Å². The van der Waals surface area contributed by atoms with Gasteiger partial charge in [-0.05, 0) is 26.0 Å². The van der Waals surface area contributed by atoms with E-state index >= 15 is 0 Å². The van der Waals surface area contributed by atoms with Crippen molar-refractivity contribution in [2.45, 2.75) is 32.7 Å². The molecule has 0 aromatic carbocycles. The van der Waals surface area contributed by atoms with E-state index in [0.29, 0.717) is 5.92 Å². The molecule has 4 heteroatoms. The van der Waals surface area contributed by atoms with Crippen LogP contribution in [0.5, 0.6) is 0 Å². The molecule has 89 valence electrons. The summed E-state index contributed by atoms with van der Waals surface area (Å²) >= 11 is 0. The summed E-state index contributed by atoms with van der Waals surface area (Å²) in [7, 11) is -1.13. The Kier molecular flexibility index (Phi) is 6.29. The number of aromatic nitrogens is 1. The van der Waals surface area contributed by atoms with Gasteiger partial charge >= 0.3 is 9.28 Å². The van der Waals surface area contributed by atoms with Crippen LogP contribution in [-0.4, -0.2) is 27.5 Å². The third-order valence-corrected chi connectivity index (χ3v) is 4.44. The molecule has 0 saturated heterocycles. The molecule has 1 radical (unpaired) electrons. The van der Waals surface area contributed by atoms with Crippen LogP contribution in [0.15, 0.2) is 24.4 Å². The van der Waals surface area contributed by atoms with E-state index < -0.39 is 9.28 Å². The van der Waals surface area contributed by atoms with Crippen molar-refractivity contribution in [2.75, 3.05) is 13.2 Å². The number of hydrogen-bond acceptors (Lipinski definition) is 3. The highest BCUT2D eigenvalue weighted by molar-refractivity contribution is 6.44. The summed E-state index contributed by atoms with van der Waals surface area (Å²) in [5.74, 6) is 0.396. The summed E-state index contributed by atoms with van der Waals surface area (Å²) in [6.45, 7) is 7.64. The first-order valence-electron chi connectivity index (χ1n) is 5.80. The summed E-state index contributed by atoms with van der Waals surface area (Å²) in [6.07, 6.45) is 1.83. The monoisotopic (exact) mass is 238 g/mol. The average molecular weight is 238 g/mol. The molecule has 0 saturated carbocycles. The Morgan fingerprint density at radius 3 is 2.44 bits per heavy atom. The number of hydrogen-bond donors (Lipinski definition) is 0. The highest BCUT2D eigenvalue weighted by Crippen LogP contribution is 2.19. The van der Waals surface area contributed by atoms with E-state index in [9.17, 15) is 0 Å². The molecular formula is C12H20NO2Si. The van der Waals surface area contributed by atoms with Gasteiger partial charge < -0.3 is 8.85 Å². The third-order valence-electron chi connectivity index (χ3n) is 2.28. The SMILES string of the molecule is CCO[Si](CC(C)c1ccccn1)OCC. The first-order chi connectivity index (χ1) is 7.77. The van der Waals surface area contributed by atoms with Crippen molar-refractivity contribution in [3.8, 4) is 0 Å². The Morgan fingerprint density at radius 1 is 1.25 bits per heavy atom. The minimum atomic E-state index is -1.13. The molecule has 0 aliphatic heterocycles. The van der Waals surface area contributed by atoms with Crippen LogP contribution in [0.2, 0.25) is 6.04 Å². The lowest BCUT2D eigenvalue weighted by Gasteiger charge is -2.17. The van der Waals surface area contributed by atoms with Gasteiger partial charge in [0, 0.05) is 37.1 Å². The minimum absolute atomic E-state index is 0.396. The van der Waals surface area contributed by atoms with Gasteiger partial charge in [0.2, 0.25) is 0 Å².